The molecule has 0 aromatic carbocycles. The largest absolute Gasteiger partial charge is 0.388 e. The molecule has 0 aliphatic heterocycles. The van der Waals surface area contributed by atoms with Gasteiger partial charge in [-0.3, -0.25) is 4.99 Å². The quantitative estimate of drug-likeness (QED) is 0.562. The van der Waals surface area contributed by atoms with Gasteiger partial charge in [-0.2, -0.15) is 0 Å². The van der Waals surface area contributed by atoms with Gasteiger partial charge in [0, 0.05) is 11.1 Å². The molecule has 0 fully saturated rings. The summed E-state index contributed by atoms with van der Waals surface area (Å²) in [5.74, 6) is 0.607. The maximum absolute atomic E-state index is 5.46. The Labute approximate surface area is 76.4 Å². The highest BCUT2D eigenvalue weighted by atomic mass is 32.1. The molecule has 1 rings (SSSR count). The average molecular weight is 183 g/mol. The smallest absolute Gasteiger partial charge is 0.117 e. The predicted octanol–water partition coefficient (Wildman–Crippen LogP) is 1.89. The minimum Gasteiger partial charge on any atom is -0.388 e. The summed E-state index contributed by atoms with van der Waals surface area (Å²) in [4.78, 5) is 8.52. The monoisotopic (exact) mass is 183 g/mol. The summed E-state index contributed by atoms with van der Waals surface area (Å²) in [5.41, 5.74) is 6.51. The first-order valence-corrected chi connectivity index (χ1v) is 4.69. The SMILES string of the molecule is CC(N)=NC(C)c1nc(C)cs1. The lowest BCUT2D eigenvalue weighted by Crippen LogP contribution is -2.07. The fourth-order valence-electron chi connectivity index (χ4n) is 0.925. The topological polar surface area (TPSA) is 51.3 Å². The summed E-state index contributed by atoms with van der Waals surface area (Å²) in [6, 6.07) is 0.0914. The first-order valence-electron chi connectivity index (χ1n) is 3.81. The van der Waals surface area contributed by atoms with Crippen LogP contribution in [0.3, 0.4) is 0 Å². The van der Waals surface area contributed by atoms with Gasteiger partial charge in [-0.1, -0.05) is 0 Å². The van der Waals surface area contributed by atoms with Crippen LogP contribution in [0.2, 0.25) is 0 Å². The molecule has 0 radical (unpaired) electrons. The van der Waals surface area contributed by atoms with Gasteiger partial charge in [0.15, 0.2) is 0 Å². The Morgan fingerprint density at radius 2 is 2.42 bits per heavy atom. The number of thiazole rings is 1. The van der Waals surface area contributed by atoms with E-state index >= 15 is 0 Å². The number of amidine groups is 1. The number of hydrogen-bond donors (Lipinski definition) is 1. The van der Waals surface area contributed by atoms with Crippen molar-refractivity contribution in [1.29, 1.82) is 0 Å². The van der Waals surface area contributed by atoms with Crippen LogP contribution in [0.25, 0.3) is 0 Å². The first kappa shape index (κ1) is 9.19. The highest BCUT2D eigenvalue weighted by Crippen LogP contribution is 2.20. The number of aliphatic imine (C=N–C) groups is 1. The summed E-state index contributed by atoms with van der Waals surface area (Å²) in [7, 11) is 0. The Morgan fingerprint density at radius 3 is 2.83 bits per heavy atom. The molecule has 0 saturated heterocycles. The molecule has 1 aromatic heterocycles. The van der Waals surface area contributed by atoms with Crippen LogP contribution in [0.4, 0.5) is 0 Å². The Morgan fingerprint density at radius 1 is 1.75 bits per heavy atom. The zero-order valence-corrected chi connectivity index (χ0v) is 8.35. The fraction of sp³-hybridized carbons (Fsp3) is 0.500. The molecule has 0 amide bonds. The van der Waals surface area contributed by atoms with E-state index in [9.17, 15) is 0 Å². The van der Waals surface area contributed by atoms with Crippen molar-refractivity contribution >= 4 is 17.2 Å². The minimum atomic E-state index is 0.0914. The lowest BCUT2D eigenvalue weighted by atomic mass is 10.4. The molecule has 12 heavy (non-hydrogen) atoms. The summed E-state index contributed by atoms with van der Waals surface area (Å²) in [6.45, 7) is 5.76. The van der Waals surface area contributed by atoms with Crippen LogP contribution in [0, 0.1) is 6.92 Å². The van der Waals surface area contributed by atoms with E-state index in [-0.39, 0.29) is 6.04 Å². The summed E-state index contributed by atoms with van der Waals surface area (Å²) in [6.07, 6.45) is 0. The minimum absolute atomic E-state index is 0.0914. The Hall–Kier alpha value is -0.900. The van der Waals surface area contributed by atoms with E-state index in [0.29, 0.717) is 5.84 Å². The molecule has 0 aliphatic rings. The van der Waals surface area contributed by atoms with Crippen LogP contribution in [-0.4, -0.2) is 10.8 Å². The van der Waals surface area contributed by atoms with E-state index in [1.165, 1.54) is 0 Å². The van der Waals surface area contributed by atoms with E-state index in [1.54, 1.807) is 18.3 Å². The zero-order chi connectivity index (χ0) is 9.14. The standard InChI is InChI=1S/C8H13N3S/c1-5-4-12-8(10-5)6(2)11-7(3)9/h4,6H,1-3H3,(H2,9,11). The number of hydrogen-bond acceptors (Lipinski definition) is 3. The van der Waals surface area contributed by atoms with Gasteiger partial charge in [-0.15, -0.1) is 11.3 Å². The van der Waals surface area contributed by atoms with Crippen LogP contribution < -0.4 is 5.73 Å². The third kappa shape index (κ3) is 2.30. The highest BCUT2D eigenvalue weighted by molar-refractivity contribution is 7.09. The van der Waals surface area contributed by atoms with Crippen LogP contribution in [-0.2, 0) is 0 Å². The molecule has 1 heterocycles. The number of rotatable bonds is 2. The highest BCUT2D eigenvalue weighted by Gasteiger charge is 2.06. The van der Waals surface area contributed by atoms with Crippen LogP contribution in [0.1, 0.15) is 30.6 Å². The number of nitrogens with two attached hydrogens (primary N) is 1. The van der Waals surface area contributed by atoms with Gasteiger partial charge in [0.2, 0.25) is 0 Å². The van der Waals surface area contributed by atoms with Crippen molar-refractivity contribution in [3.8, 4) is 0 Å². The number of aryl methyl sites for hydroxylation is 1. The van der Waals surface area contributed by atoms with E-state index in [4.69, 9.17) is 5.73 Å². The second-order valence-electron chi connectivity index (χ2n) is 2.77. The third-order valence-electron chi connectivity index (χ3n) is 1.39. The van der Waals surface area contributed by atoms with Crippen molar-refractivity contribution in [3.05, 3.63) is 16.1 Å². The molecule has 0 bridgehead atoms. The van der Waals surface area contributed by atoms with Crippen molar-refractivity contribution in [1.82, 2.24) is 4.98 Å². The summed E-state index contributed by atoms with van der Waals surface area (Å²) < 4.78 is 0. The number of nitrogens with zero attached hydrogens (tertiary/aromatic N) is 2. The summed E-state index contributed by atoms with van der Waals surface area (Å²) >= 11 is 1.63. The van der Waals surface area contributed by atoms with Gasteiger partial charge < -0.3 is 5.73 Å². The van der Waals surface area contributed by atoms with E-state index < -0.39 is 0 Å². The molecule has 1 aromatic rings. The Kier molecular flexibility index (Phi) is 2.81. The lowest BCUT2D eigenvalue weighted by Gasteiger charge is -2.01. The molecule has 0 saturated carbocycles. The summed E-state index contributed by atoms with van der Waals surface area (Å²) in [5, 5.41) is 3.05. The van der Waals surface area contributed by atoms with E-state index in [2.05, 4.69) is 9.98 Å². The molecule has 1 atom stereocenters. The zero-order valence-electron chi connectivity index (χ0n) is 7.53. The fourth-order valence-corrected chi connectivity index (χ4v) is 1.72. The second-order valence-corrected chi connectivity index (χ2v) is 3.66. The second kappa shape index (κ2) is 3.67. The van der Waals surface area contributed by atoms with E-state index in [1.807, 2.05) is 19.2 Å². The third-order valence-corrected chi connectivity index (χ3v) is 2.52. The van der Waals surface area contributed by atoms with Crippen molar-refractivity contribution in [2.45, 2.75) is 26.8 Å². The molecule has 0 aliphatic carbocycles. The maximum Gasteiger partial charge on any atom is 0.117 e. The van der Waals surface area contributed by atoms with Gasteiger partial charge in [-0.05, 0) is 20.8 Å². The first-order chi connectivity index (χ1) is 5.59. The maximum atomic E-state index is 5.46. The Balaban J connectivity index is 2.78. The van der Waals surface area contributed by atoms with Crippen LogP contribution in [0.5, 0.6) is 0 Å². The molecule has 0 spiro atoms. The van der Waals surface area contributed by atoms with Crippen molar-refractivity contribution in [2.24, 2.45) is 10.7 Å². The van der Waals surface area contributed by atoms with Gasteiger partial charge in [0.05, 0.1) is 5.84 Å². The molecule has 2 N–H and O–H groups in total. The van der Waals surface area contributed by atoms with Gasteiger partial charge >= 0.3 is 0 Å². The van der Waals surface area contributed by atoms with Gasteiger partial charge in [-0.25, -0.2) is 4.98 Å². The molecular formula is C8H13N3S. The lowest BCUT2D eigenvalue weighted by molar-refractivity contribution is 0.802. The molecular weight excluding hydrogens is 170 g/mol. The average Bonchev–Trinajstić information content (AvgIpc) is 2.34. The van der Waals surface area contributed by atoms with Crippen molar-refractivity contribution in [2.75, 3.05) is 0 Å². The van der Waals surface area contributed by atoms with Crippen LogP contribution in [0.15, 0.2) is 10.4 Å². The van der Waals surface area contributed by atoms with Gasteiger partial charge in [0.1, 0.15) is 11.0 Å². The Bertz CT molecular complexity index is 286. The normalized spacial score (nSPS) is 14.8. The van der Waals surface area contributed by atoms with Gasteiger partial charge in [0.25, 0.3) is 0 Å². The molecule has 3 nitrogen and oxygen atoms in total. The molecule has 66 valence electrons. The number of aromatic nitrogens is 1. The molecule has 1 unspecified atom stereocenters. The van der Waals surface area contributed by atoms with E-state index in [0.717, 1.165) is 10.7 Å². The predicted molar refractivity (Wildman–Crippen MR) is 52.6 cm³/mol. The van der Waals surface area contributed by atoms with Crippen LogP contribution >= 0.6 is 11.3 Å². The molecule has 4 heteroatoms. The van der Waals surface area contributed by atoms with Crippen molar-refractivity contribution < 1.29 is 0 Å². The van der Waals surface area contributed by atoms with Crippen molar-refractivity contribution in [3.63, 3.8) is 0 Å².